The fraction of sp³-hybridized carbons (Fsp3) is 0.500. The number of unbranched alkanes of at least 4 members (excludes halogenated alkanes) is 4. The van der Waals surface area contributed by atoms with Crippen molar-refractivity contribution in [2.24, 2.45) is 0 Å². The topological polar surface area (TPSA) is 0 Å². The van der Waals surface area contributed by atoms with Gasteiger partial charge in [0.2, 0.25) is 0 Å². The van der Waals surface area contributed by atoms with Gasteiger partial charge in [0.05, 0.1) is 0 Å². The molecule has 0 saturated carbocycles. The zero-order valence-electron chi connectivity index (χ0n) is 10.9. The standard InChI is InChI=1S/C16H26/c1-3-5-7-9-11-13-15-16-14-12-10-8-6-4-2/h3,5-10,12H,4,11,13-16H2,1-2H3. The lowest BCUT2D eigenvalue weighted by atomic mass is 10.1. The highest BCUT2D eigenvalue weighted by molar-refractivity contribution is 5.02. The highest BCUT2D eigenvalue weighted by atomic mass is 13.9. The molecule has 0 amide bonds. The van der Waals surface area contributed by atoms with Crippen molar-refractivity contribution in [3.8, 4) is 0 Å². The first-order valence-corrected chi connectivity index (χ1v) is 6.51. The maximum Gasteiger partial charge on any atom is -0.0348 e. The molecule has 0 bridgehead atoms. The van der Waals surface area contributed by atoms with Crippen molar-refractivity contribution in [1.29, 1.82) is 0 Å². The van der Waals surface area contributed by atoms with Crippen LogP contribution in [0.4, 0.5) is 0 Å². The van der Waals surface area contributed by atoms with Gasteiger partial charge in [-0.2, -0.15) is 0 Å². The van der Waals surface area contributed by atoms with E-state index in [1.165, 1.54) is 32.1 Å². The summed E-state index contributed by atoms with van der Waals surface area (Å²) < 4.78 is 0. The van der Waals surface area contributed by atoms with E-state index in [1.54, 1.807) is 0 Å². The van der Waals surface area contributed by atoms with E-state index >= 15 is 0 Å². The Kier molecular flexibility index (Phi) is 13.1. The van der Waals surface area contributed by atoms with Crippen molar-refractivity contribution in [3.63, 3.8) is 0 Å². The molecule has 0 nitrogen and oxygen atoms in total. The zero-order valence-corrected chi connectivity index (χ0v) is 10.9. The monoisotopic (exact) mass is 218 g/mol. The van der Waals surface area contributed by atoms with Gasteiger partial charge in [0.25, 0.3) is 0 Å². The van der Waals surface area contributed by atoms with Gasteiger partial charge in [0.1, 0.15) is 0 Å². The van der Waals surface area contributed by atoms with Crippen LogP contribution in [0.25, 0.3) is 0 Å². The van der Waals surface area contributed by atoms with Gasteiger partial charge in [-0.3, -0.25) is 0 Å². The van der Waals surface area contributed by atoms with Gasteiger partial charge in [-0.05, 0) is 39.0 Å². The van der Waals surface area contributed by atoms with E-state index in [1.807, 2.05) is 6.92 Å². The molecule has 0 unspecified atom stereocenters. The highest BCUT2D eigenvalue weighted by Gasteiger charge is 1.84. The second kappa shape index (κ2) is 14.0. The lowest BCUT2D eigenvalue weighted by Gasteiger charge is -1.94. The molecular weight excluding hydrogens is 192 g/mol. The predicted molar refractivity (Wildman–Crippen MR) is 75.6 cm³/mol. The molecule has 0 spiro atoms. The van der Waals surface area contributed by atoms with E-state index in [9.17, 15) is 0 Å². The first-order valence-electron chi connectivity index (χ1n) is 6.51. The molecule has 0 fully saturated rings. The van der Waals surface area contributed by atoms with Gasteiger partial charge >= 0.3 is 0 Å². The van der Waals surface area contributed by atoms with Gasteiger partial charge < -0.3 is 0 Å². The van der Waals surface area contributed by atoms with Crippen LogP contribution in [0.1, 0.15) is 52.4 Å². The van der Waals surface area contributed by atoms with Gasteiger partial charge in [-0.25, -0.2) is 0 Å². The zero-order chi connectivity index (χ0) is 11.9. The molecule has 0 rings (SSSR count). The number of hydrogen-bond acceptors (Lipinski definition) is 0. The second-order valence-corrected chi connectivity index (χ2v) is 3.86. The molecule has 0 aromatic carbocycles. The largest absolute Gasteiger partial charge is 0.0877 e. The Balaban J connectivity index is 3.21. The smallest absolute Gasteiger partial charge is 0.0348 e. The molecule has 0 heteroatoms. The van der Waals surface area contributed by atoms with E-state index in [2.05, 4.69) is 55.5 Å². The number of rotatable bonds is 9. The average molecular weight is 218 g/mol. The predicted octanol–water partition coefficient (Wildman–Crippen LogP) is 5.59. The summed E-state index contributed by atoms with van der Waals surface area (Å²) in [7, 11) is 0. The summed E-state index contributed by atoms with van der Waals surface area (Å²) in [5.74, 6) is 0. The van der Waals surface area contributed by atoms with E-state index in [4.69, 9.17) is 0 Å². The van der Waals surface area contributed by atoms with Crippen molar-refractivity contribution in [2.45, 2.75) is 52.4 Å². The van der Waals surface area contributed by atoms with Crippen LogP contribution < -0.4 is 0 Å². The normalized spacial score (nSPS) is 12.9. The van der Waals surface area contributed by atoms with Crippen LogP contribution in [0.15, 0.2) is 48.6 Å². The van der Waals surface area contributed by atoms with Gasteiger partial charge in [0.15, 0.2) is 0 Å². The summed E-state index contributed by atoms with van der Waals surface area (Å²) in [6, 6.07) is 0. The van der Waals surface area contributed by atoms with Crippen molar-refractivity contribution in [2.75, 3.05) is 0 Å². The highest BCUT2D eigenvalue weighted by Crippen LogP contribution is 2.04. The van der Waals surface area contributed by atoms with Gasteiger partial charge in [0, 0.05) is 0 Å². The molecule has 0 atom stereocenters. The third kappa shape index (κ3) is 13.0. The summed E-state index contributed by atoms with van der Waals surface area (Å²) in [5, 5.41) is 0. The van der Waals surface area contributed by atoms with E-state index in [0.717, 1.165) is 6.42 Å². The minimum Gasteiger partial charge on any atom is -0.0877 e. The Bertz CT molecular complexity index is 228. The maximum atomic E-state index is 2.27. The number of allylic oxidation sites excluding steroid dienone is 8. The molecule has 0 heterocycles. The Morgan fingerprint density at radius 2 is 1.25 bits per heavy atom. The molecule has 0 aliphatic heterocycles. The summed E-state index contributed by atoms with van der Waals surface area (Å²) in [4.78, 5) is 0. The third-order valence-electron chi connectivity index (χ3n) is 2.30. The lowest BCUT2D eigenvalue weighted by molar-refractivity contribution is 0.696. The molecule has 0 radical (unpaired) electrons. The second-order valence-electron chi connectivity index (χ2n) is 3.86. The molecule has 0 aromatic rings. The van der Waals surface area contributed by atoms with Crippen LogP contribution in [0, 0.1) is 0 Å². The quantitative estimate of drug-likeness (QED) is 0.349. The first-order chi connectivity index (χ1) is 7.91. The Labute approximate surface area is 101 Å². The van der Waals surface area contributed by atoms with Crippen LogP contribution in [0.3, 0.4) is 0 Å². The van der Waals surface area contributed by atoms with Crippen LogP contribution in [-0.4, -0.2) is 0 Å². The third-order valence-corrected chi connectivity index (χ3v) is 2.30. The van der Waals surface area contributed by atoms with E-state index in [0.29, 0.717) is 0 Å². The van der Waals surface area contributed by atoms with E-state index < -0.39 is 0 Å². The van der Waals surface area contributed by atoms with Crippen molar-refractivity contribution >= 4 is 0 Å². The molecular formula is C16H26. The van der Waals surface area contributed by atoms with Crippen molar-refractivity contribution in [3.05, 3.63) is 48.6 Å². The molecule has 0 aromatic heterocycles. The molecule has 90 valence electrons. The summed E-state index contributed by atoms with van der Waals surface area (Å²) in [6.45, 7) is 4.20. The van der Waals surface area contributed by atoms with Crippen LogP contribution in [0.5, 0.6) is 0 Å². The van der Waals surface area contributed by atoms with E-state index in [-0.39, 0.29) is 0 Å². The number of hydrogen-bond donors (Lipinski definition) is 0. The van der Waals surface area contributed by atoms with Crippen LogP contribution in [-0.2, 0) is 0 Å². The molecule has 0 saturated heterocycles. The minimum atomic E-state index is 1.13. The van der Waals surface area contributed by atoms with Gasteiger partial charge in [-0.1, -0.05) is 62.0 Å². The summed E-state index contributed by atoms with van der Waals surface area (Å²) >= 11 is 0. The Morgan fingerprint density at radius 1 is 0.688 bits per heavy atom. The van der Waals surface area contributed by atoms with Gasteiger partial charge in [-0.15, -0.1) is 0 Å². The molecule has 16 heavy (non-hydrogen) atoms. The average Bonchev–Trinajstić information content (AvgIpc) is 2.31. The minimum absolute atomic E-state index is 1.13. The Morgan fingerprint density at radius 3 is 1.81 bits per heavy atom. The van der Waals surface area contributed by atoms with Crippen molar-refractivity contribution in [1.82, 2.24) is 0 Å². The van der Waals surface area contributed by atoms with Crippen LogP contribution >= 0.6 is 0 Å². The lowest BCUT2D eigenvalue weighted by Crippen LogP contribution is -1.74. The SMILES string of the molecule is CC=CC=CCCCCCC=CC=CCC. The summed E-state index contributed by atoms with van der Waals surface area (Å²) in [6.07, 6.45) is 24.8. The molecule has 0 aliphatic rings. The van der Waals surface area contributed by atoms with Crippen LogP contribution in [0.2, 0.25) is 0 Å². The fourth-order valence-corrected chi connectivity index (χ4v) is 1.38. The Hall–Kier alpha value is -1.04. The summed E-state index contributed by atoms with van der Waals surface area (Å²) in [5.41, 5.74) is 0. The fourth-order valence-electron chi connectivity index (χ4n) is 1.38. The maximum absolute atomic E-state index is 2.27. The molecule has 0 aliphatic carbocycles. The molecule has 0 N–H and O–H groups in total. The first kappa shape index (κ1) is 15.0. The van der Waals surface area contributed by atoms with Crippen molar-refractivity contribution < 1.29 is 0 Å².